The average molecular weight is 264 g/mol. The van der Waals surface area contributed by atoms with Gasteiger partial charge in [0, 0.05) is 31.3 Å². The maximum absolute atomic E-state index is 11.7. The maximum Gasteiger partial charge on any atom is 0.220 e. The van der Waals surface area contributed by atoms with Gasteiger partial charge in [0.2, 0.25) is 5.91 Å². The average Bonchev–Trinajstić information content (AvgIpc) is 2.93. The summed E-state index contributed by atoms with van der Waals surface area (Å²) in [4.78, 5) is 21.1. The van der Waals surface area contributed by atoms with Crippen LogP contribution in [0.3, 0.4) is 0 Å². The third-order valence-electron chi connectivity index (χ3n) is 3.60. The van der Waals surface area contributed by atoms with Crippen LogP contribution < -0.4 is 5.32 Å². The first-order chi connectivity index (χ1) is 9.34. The predicted octanol–water partition coefficient (Wildman–Crippen LogP) is 1.33. The van der Waals surface area contributed by atoms with Gasteiger partial charge in [-0.05, 0) is 38.9 Å². The van der Waals surface area contributed by atoms with E-state index in [0.717, 1.165) is 25.1 Å². The van der Waals surface area contributed by atoms with Crippen LogP contribution in [-0.2, 0) is 11.2 Å². The van der Waals surface area contributed by atoms with Gasteiger partial charge in [-0.3, -0.25) is 4.79 Å². The molecule has 0 bridgehead atoms. The van der Waals surface area contributed by atoms with Gasteiger partial charge < -0.3 is 15.2 Å². The molecule has 0 atom stereocenters. The second-order valence-electron chi connectivity index (χ2n) is 5.18. The molecule has 106 valence electrons. The summed E-state index contributed by atoms with van der Waals surface area (Å²) in [6, 6.07) is 0. The molecule has 5 nitrogen and oxygen atoms in total. The Morgan fingerprint density at radius 3 is 2.95 bits per heavy atom. The molecule has 2 rings (SSSR count). The summed E-state index contributed by atoms with van der Waals surface area (Å²) in [5.74, 6) is 0.163. The van der Waals surface area contributed by atoms with Crippen molar-refractivity contribution in [2.75, 3.05) is 26.2 Å². The number of nitrogens with zero attached hydrogens (tertiary/aromatic N) is 2. The summed E-state index contributed by atoms with van der Waals surface area (Å²) in [7, 11) is 0. The fourth-order valence-corrected chi connectivity index (χ4v) is 2.49. The van der Waals surface area contributed by atoms with Gasteiger partial charge in [-0.15, -0.1) is 0 Å². The number of amides is 1. The molecule has 1 aromatic heterocycles. The number of aromatic amines is 1. The van der Waals surface area contributed by atoms with Gasteiger partial charge >= 0.3 is 0 Å². The Balaban J connectivity index is 1.49. The number of likely N-dealkylation sites (tertiary alicyclic amines) is 1. The van der Waals surface area contributed by atoms with Gasteiger partial charge in [0.25, 0.3) is 0 Å². The molecule has 5 heteroatoms. The smallest absolute Gasteiger partial charge is 0.220 e. The molecule has 0 radical (unpaired) electrons. The molecule has 19 heavy (non-hydrogen) atoms. The number of H-pyrrole nitrogens is 1. The number of nitrogens with one attached hydrogen (secondary N) is 2. The lowest BCUT2D eigenvalue weighted by Crippen LogP contribution is -2.32. The fourth-order valence-electron chi connectivity index (χ4n) is 2.49. The zero-order chi connectivity index (χ0) is 13.3. The van der Waals surface area contributed by atoms with Crippen LogP contribution in [0.2, 0.25) is 0 Å². The first-order valence-corrected chi connectivity index (χ1v) is 7.31. The lowest BCUT2D eigenvalue weighted by Gasteiger charge is -2.26. The lowest BCUT2D eigenvalue weighted by molar-refractivity contribution is -0.121. The molecule has 0 aromatic carbocycles. The number of hydrogen-bond donors (Lipinski definition) is 2. The van der Waals surface area contributed by atoms with Gasteiger partial charge in [0.1, 0.15) is 0 Å². The highest BCUT2D eigenvalue weighted by Gasteiger charge is 2.10. The third-order valence-corrected chi connectivity index (χ3v) is 3.60. The fraction of sp³-hybridized carbons (Fsp3) is 0.714. The minimum Gasteiger partial charge on any atom is -0.356 e. The molecule has 0 spiro atoms. The molecule has 1 amide bonds. The van der Waals surface area contributed by atoms with E-state index in [2.05, 4.69) is 20.2 Å². The first-order valence-electron chi connectivity index (χ1n) is 7.31. The van der Waals surface area contributed by atoms with Crippen LogP contribution in [0.4, 0.5) is 0 Å². The van der Waals surface area contributed by atoms with E-state index in [4.69, 9.17) is 0 Å². The van der Waals surface area contributed by atoms with Crippen molar-refractivity contribution in [3.8, 4) is 0 Å². The van der Waals surface area contributed by atoms with Crippen LogP contribution in [0.25, 0.3) is 0 Å². The molecular weight excluding hydrogens is 240 g/mol. The zero-order valence-corrected chi connectivity index (χ0v) is 11.5. The van der Waals surface area contributed by atoms with Crippen LogP contribution in [-0.4, -0.2) is 47.0 Å². The zero-order valence-electron chi connectivity index (χ0n) is 11.5. The van der Waals surface area contributed by atoms with Crippen LogP contribution >= 0.6 is 0 Å². The first kappa shape index (κ1) is 14.1. The highest BCUT2D eigenvalue weighted by atomic mass is 16.1. The van der Waals surface area contributed by atoms with Gasteiger partial charge in [0.15, 0.2) is 0 Å². The van der Waals surface area contributed by atoms with E-state index < -0.39 is 0 Å². The summed E-state index contributed by atoms with van der Waals surface area (Å²) >= 11 is 0. The van der Waals surface area contributed by atoms with Crippen molar-refractivity contribution in [1.82, 2.24) is 20.2 Å². The quantitative estimate of drug-likeness (QED) is 0.781. The molecule has 1 aliphatic rings. The molecule has 2 N–H and O–H groups in total. The minimum absolute atomic E-state index is 0.163. The Labute approximate surface area is 114 Å². The maximum atomic E-state index is 11.7. The minimum atomic E-state index is 0.163. The van der Waals surface area contributed by atoms with Crippen molar-refractivity contribution in [2.45, 2.75) is 38.5 Å². The summed E-state index contributed by atoms with van der Waals surface area (Å²) in [6.07, 6.45) is 9.88. The second kappa shape index (κ2) is 7.94. The Bertz CT molecular complexity index is 358. The van der Waals surface area contributed by atoms with Crippen molar-refractivity contribution in [1.29, 1.82) is 0 Å². The predicted molar refractivity (Wildman–Crippen MR) is 74.8 cm³/mol. The number of carbonyl (C=O) groups excluding carboxylic acids is 1. The lowest BCUT2D eigenvalue weighted by atomic mass is 10.1. The molecule has 1 fully saturated rings. The molecule has 0 aliphatic carbocycles. The summed E-state index contributed by atoms with van der Waals surface area (Å²) in [6.45, 7) is 4.17. The van der Waals surface area contributed by atoms with E-state index in [-0.39, 0.29) is 5.91 Å². The van der Waals surface area contributed by atoms with E-state index in [1.54, 1.807) is 12.5 Å². The van der Waals surface area contributed by atoms with Crippen LogP contribution in [0.5, 0.6) is 0 Å². The van der Waals surface area contributed by atoms with Gasteiger partial charge in [-0.25, -0.2) is 4.98 Å². The monoisotopic (exact) mass is 264 g/mol. The molecule has 0 saturated carbocycles. The second-order valence-corrected chi connectivity index (χ2v) is 5.18. The van der Waals surface area contributed by atoms with Crippen molar-refractivity contribution in [2.24, 2.45) is 0 Å². The van der Waals surface area contributed by atoms with E-state index >= 15 is 0 Å². The number of rotatable bonds is 7. The molecule has 1 aliphatic heterocycles. The number of carbonyl (C=O) groups is 1. The van der Waals surface area contributed by atoms with Crippen LogP contribution in [0.15, 0.2) is 12.5 Å². The van der Waals surface area contributed by atoms with Crippen LogP contribution in [0.1, 0.15) is 37.8 Å². The molecular formula is C14H24N4O. The van der Waals surface area contributed by atoms with Gasteiger partial charge in [-0.2, -0.15) is 0 Å². The number of aromatic nitrogens is 2. The summed E-state index contributed by atoms with van der Waals surface area (Å²) in [5, 5.41) is 2.95. The Hall–Kier alpha value is -1.36. The van der Waals surface area contributed by atoms with Crippen LogP contribution in [0, 0.1) is 0 Å². The largest absolute Gasteiger partial charge is 0.356 e. The van der Waals surface area contributed by atoms with Gasteiger partial charge in [0.05, 0.1) is 6.33 Å². The Morgan fingerprint density at radius 2 is 2.21 bits per heavy atom. The topological polar surface area (TPSA) is 61.0 Å². The molecule has 2 heterocycles. The van der Waals surface area contributed by atoms with Gasteiger partial charge in [-0.1, -0.05) is 6.42 Å². The highest BCUT2D eigenvalue weighted by molar-refractivity contribution is 5.75. The Morgan fingerprint density at radius 1 is 1.37 bits per heavy atom. The van der Waals surface area contributed by atoms with Crippen molar-refractivity contribution in [3.05, 3.63) is 18.2 Å². The van der Waals surface area contributed by atoms with Crippen molar-refractivity contribution >= 4 is 5.91 Å². The van der Waals surface area contributed by atoms with E-state index in [1.807, 2.05) is 0 Å². The van der Waals surface area contributed by atoms with Crippen molar-refractivity contribution in [3.63, 3.8) is 0 Å². The third kappa shape index (κ3) is 5.42. The van der Waals surface area contributed by atoms with E-state index in [9.17, 15) is 4.79 Å². The normalized spacial score (nSPS) is 16.4. The number of imidazole rings is 1. The standard InChI is InChI=1S/C14H24N4O/c19-14(16-7-6-13-11-15-12-17-13)5-4-10-18-8-2-1-3-9-18/h11-12H,1-10H2,(H,15,17)(H,16,19). The van der Waals surface area contributed by atoms with Crippen molar-refractivity contribution < 1.29 is 4.79 Å². The highest BCUT2D eigenvalue weighted by Crippen LogP contribution is 2.09. The van der Waals surface area contributed by atoms with E-state index in [1.165, 1.54) is 32.4 Å². The molecule has 1 saturated heterocycles. The number of hydrogen-bond acceptors (Lipinski definition) is 3. The van der Waals surface area contributed by atoms with E-state index in [0.29, 0.717) is 13.0 Å². The molecule has 0 unspecified atom stereocenters. The summed E-state index contributed by atoms with van der Waals surface area (Å²) < 4.78 is 0. The molecule has 1 aromatic rings. The summed E-state index contributed by atoms with van der Waals surface area (Å²) in [5.41, 5.74) is 1.06. The SMILES string of the molecule is O=C(CCCN1CCCCC1)NCCc1cnc[nH]1. The number of piperidine rings is 1. The Kier molecular flexibility index (Phi) is 5.88.